The van der Waals surface area contributed by atoms with Gasteiger partial charge in [-0.15, -0.1) is 0 Å². The van der Waals surface area contributed by atoms with Crippen molar-refractivity contribution in [3.63, 3.8) is 0 Å². The molecule has 1 aromatic carbocycles. The average Bonchev–Trinajstić information content (AvgIpc) is 2.69. The third-order valence-corrected chi connectivity index (χ3v) is 5.17. The van der Waals surface area contributed by atoms with Crippen LogP contribution in [0.5, 0.6) is 0 Å². The monoisotopic (exact) mass is 603 g/mol. The highest BCUT2D eigenvalue weighted by Gasteiger charge is 2.95. The fraction of sp³-hybridized carbons (Fsp3) is 0.562. The van der Waals surface area contributed by atoms with Gasteiger partial charge in [0.15, 0.2) is 0 Å². The molecule has 2 nitrogen and oxygen atoms in total. The van der Waals surface area contributed by atoms with Gasteiger partial charge in [-0.2, -0.15) is 70.2 Å². The molecule has 0 unspecified atom stereocenters. The molecule has 1 amide bonds. The van der Waals surface area contributed by atoms with Gasteiger partial charge in [0.1, 0.15) is 0 Å². The molecule has 0 saturated heterocycles. The van der Waals surface area contributed by atoms with Gasteiger partial charge in [-0.3, -0.25) is 4.79 Å². The van der Waals surface area contributed by atoms with Crippen molar-refractivity contribution in [2.24, 2.45) is 0 Å². The van der Waals surface area contributed by atoms with Crippen LogP contribution in [-0.2, 0) is 4.79 Å². The number of amides is 1. The molecule has 0 spiro atoms. The predicted octanol–water partition coefficient (Wildman–Crippen LogP) is 7.87. The Morgan fingerprint density at radius 3 is 1.42 bits per heavy atom. The van der Waals surface area contributed by atoms with Gasteiger partial charge in [-0.05, 0) is 36.2 Å². The number of alkyl halides is 17. The number of anilines is 1. The van der Waals surface area contributed by atoms with Crippen LogP contribution < -0.4 is 5.32 Å². The van der Waals surface area contributed by atoms with E-state index in [1.165, 1.54) is 0 Å². The molecule has 0 aliphatic carbocycles. The zero-order valence-corrected chi connectivity index (χ0v) is 18.0. The van der Waals surface area contributed by atoms with Crippen molar-refractivity contribution in [1.82, 2.24) is 0 Å². The molecule has 0 bridgehead atoms. The smallest absolute Gasteiger partial charge is 0.320 e. The Hall–Kier alpha value is -1.85. The minimum Gasteiger partial charge on any atom is -0.320 e. The number of halogens is 18. The molecule has 20 heteroatoms. The first-order valence-corrected chi connectivity index (χ1v) is 9.11. The fourth-order valence-corrected chi connectivity index (χ4v) is 2.54. The second kappa shape index (κ2) is 8.87. The highest BCUT2D eigenvalue weighted by molar-refractivity contribution is 6.31. The molecule has 0 atom stereocenters. The van der Waals surface area contributed by atoms with Crippen LogP contribution in [0, 0.1) is 6.92 Å². The SMILES string of the molecule is Cc1c(Cl)cccc1NC(=O)C(F)(F)C(F)(F)C(F)(F)C(F)(F)C(F)(F)C(F)(F)C(F)(F)C(F)(F)Cl. The summed E-state index contributed by atoms with van der Waals surface area (Å²) in [6.07, 6.45) is 0. The average molecular weight is 604 g/mol. The van der Waals surface area contributed by atoms with Crippen LogP contribution in [0.2, 0.25) is 5.02 Å². The molecular formula is C16H7Cl2F16NO. The third-order valence-electron chi connectivity index (χ3n) is 4.52. The van der Waals surface area contributed by atoms with Gasteiger partial charge in [-0.1, -0.05) is 17.7 Å². The fourth-order valence-electron chi connectivity index (χ4n) is 2.25. The van der Waals surface area contributed by atoms with E-state index in [0.717, 1.165) is 24.4 Å². The maximum Gasteiger partial charge on any atom is 0.393 e. The van der Waals surface area contributed by atoms with Crippen LogP contribution >= 0.6 is 23.2 Å². The summed E-state index contributed by atoms with van der Waals surface area (Å²) in [6, 6.07) is 2.51. The molecular weight excluding hydrogens is 597 g/mol. The number of benzene rings is 1. The first kappa shape index (κ1) is 32.2. The van der Waals surface area contributed by atoms with Crippen LogP contribution in [0.15, 0.2) is 18.2 Å². The van der Waals surface area contributed by atoms with E-state index in [1.54, 1.807) is 0 Å². The quantitative estimate of drug-likeness (QED) is 0.226. The van der Waals surface area contributed by atoms with E-state index in [1.807, 2.05) is 0 Å². The zero-order chi connectivity index (χ0) is 29.1. The Morgan fingerprint density at radius 1 is 0.667 bits per heavy atom. The minimum absolute atomic E-state index is 0.362. The summed E-state index contributed by atoms with van der Waals surface area (Å²) in [6.45, 7) is 0.923. The Labute approximate surface area is 198 Å². The van der Waals surface area contributed by atoms with Crippen LogP contribution in [0.3, 0.4) is 0 Å². The number of hydrogen-bond donors (Lipinski definition) is 1. The number of hydrogen-bond acceptors (Lipinski definition) is 1. The summed E-state index contributed by atoms with van der Waals surface area (Å²) in [7, 11) is 0. The van der Waals surface area contributed by atoms with Gasteiger partial charge < -0.3 is 5.32 Å². The summed E-state index contributed by atoms with van der Waals surface area (Å²) < 4.78 is 215. The second-order valence-corrected chi connectivity index (χ2v) is 7.77. The molecule has 0 heterocycles. The van der Waals surface area contributed by atoms with Crippen LogP contribution in [-0.4, -0.2) is 52.7 Å². The predicted molar refractivity (Wildman–Crippen MR) is 90.2 cm³/mol. The van der Waals surface area contributed by atoms with Crippen LogP contribution in [0.1, 0.15) is 5.56 Å². The molecule has 1 aromatic rings. The molecule has 208 valence electrons. The lowest BCUT2D eigenvalue weighted by atomic mass is 9.89. The van der Waals surface area contributed by atoms with Gasteiger partial charge in [0.05, 0.1) is 0 Å². The standard InChI is InChI=1S/C16H7Cl2F16NO/c1-5-6(17)3-2-4-7(5)35-8(36)9(19,20)10(21,22)11(23,24)12(25,26)13(27,28)14(29,30)15(31,32)16(18,33)34/h2-4H,1H3,(H,35,36). The molecule has 0 aromatic heterocycles. The van der Waals surface area contributed by atoms with Crippen molar-refractivity contribution in [2.75, 3.05) is 5.32 Å². The molecule has 0 fully saturated rings. The van der Waals surface area contributed by atoms with Gasteiger partial charge in [0, 0.05) is 10.7 Å². The Kier molecular flexibility index (Phi) is 7.93. The summed E-state index contributed by atoms with van der Waals surface area (Å²) in [5, 5.41) is -6.40. The molecule has 36 heavy (non-hydrogen) atoms. The van der Waals surface area contributed by atoms with Crippen molar-refractivity contribution >= 4 is 34.8 Å². The van der Waals surface area contributed by atoms with Gasteiger partial charge >= 0.3 is 52.7 Å². The first-order valence-electron chi connectivity index (χ1n) is 8.35. The van der Waals surface area contributed by atoms with E-state index >= 15 is 0 Å². The maximum absolute atomic E-state index is 13.9. The number of rotatable bonds is 9. The van der Waals surface area contributed by atoms with E-state index in [9.17, 15) is 75.0 Å². The molecule has 0 radical (unpaired) electrons. The van der Waals surface area contributed by atoms with Crippen molar-refractivity contribution in [3.05, 3.63) is 28.8 Å². The van der Waals surface area contributed by atoms with Gasteiger partial charge in [0.2, 0.25) is 0 Å². The summed E-state index contributed by atoms with van der Waals surface area (Å²) in [5.74, 6) is -60.7. The Balaban J connectivity index is 3.61. The third kappa shape index (κ3) is 4.30. The second-order valence-electron chi connectivity index (χ2n) is 6.89. The summed E-state index contributed by atoms with van der Waals surface area (Å²) in [5.41, 5.74) is -1.34. The summed E-state index contributed by atoms with van der Waals surface area (Å²) >= 11 is 8.94. The van der Waals surface area contributed by atoms with Crippen LogP contribution in [0.25, 0.3) is 0 Å². The summed E-state index contributed by atoms with van der Waals surface area (Å²) in [4.78, 5) is 11.5. The van der Waals surface area contributed by atoms with Crippen molar-refractivity contribution in [2.45, 2.75) is 53.8 Å². The number of nitrogens with one attached hydrogen (secondary N) is 1. The molecule has 0 aliphatic heterocycles. The normalized spacial score (nSPS) is 15.2. The largest absolute Gasteiger partial charge is 0.393 e. The number of carbonyl (C=O) groups excluding carboxylic acids is 1. The topological polar surface area (TPSA) is 29.1 Å². The minimum atomic E-state index is -8.64. The lowest BCUT2D eigenvalue weighted by molar-refractivity contribution is -0.445. The Morgan fingerprint density at radius 2 is 1.03 bits per heavy atom. The lowest BCUT2D eigenvalue weighted by Gasteiger charge is -2.42. The zero-order valence-electron chi connectivity index (χ0n) is 16.4. The van der Waals surface area contributed by atoms with E-state index in [2.05, 4.69) is 11.6 Å². The van der Waals surface area contributed by atoms with Crippen molar-refractivity contribution in [1.29, 1.82) is 0 Å². The highest BCUT2D eigenvalue weighted by atomic mass is 35.5. The van der Waals surface area contributed by atoms with Gasteiger partial charge in [-0.25, -0.2) is 0 Å². The van der Waals surface area contributed by atoms with Crippen molar-refractivity contribution < 1.29 is 75.0 Å². The molecule has 1 rings (SSSR count). The molecule has 1 N–H and O–H groups in total. The van der Waals surface area contributed by atoms with E-state index in [-0.39, 0.29) is 5.02 Å². The molecule has 0 aliphatic rings. The highest BCUT2D eigenvalue weighted by Crippen LogP contribution is 2.64. The number of carbonyl (C=O) groups is 1. The molecule has 0 saturated carbocycles. The maximum atomic E-state index is 13.9. The Bertz CT molecular complexity index is 1000. The van der Waals surface area contributed by atoms with E-state index in [4.69, 9.17) is 11.6 Å². The first-order chi connectivity index (χ1) is 15.6. The van der Waals surface area contributed by atoms with Crippen LogP contribution in [0.4, 0.5) is 75.9 Å². The van der Waals surface area contributed by atoms with Crippen molar-refractivity contribution in [3.8, 4) is 0 Å². The van der Waals surface area contributed by atoms with Gasteiger partial charge in [0.25, 0.3) is 0 Å². The van der Waals surface area contributed by atoms with E-state index in [0.29, 0.717) is 6.07 Å². The van der Waals surface area contributed by atoms with E-state index < -0.39 is 64.0 Å². The lowest BCUT2D eigenvalue weighted by Crippen LogP contribution is -2.75.